The third-order valence-electron chi connectivity index (χ3n) is 3.98. The first kappa shape index (κ1) is 17.7. The molecule has 4 aromatic rings. The van der Waals surface area contributed by atoms with Gasteiger partial charge in [0.15, 0.2) is 0 Å². The van der Waals surface area contributed by atoms with Gasteiger partial charge in [-0.1, -0.05) is 54.6 Å². The molecule has 3 N–H and O–H groups in total. The number of nitrogens with one attached hydrogen (secondary N) is 3. The molecule has 0 unspecified atom stereocenters. The molecule has 0 atom stereocenters. The minimum Gasteiger partial charge on any atom is -0.290 e. The molecule has 0 aliphatic heterocycles. The number of aromatic nitrogens is 6. The van der Waals surface area contributed by atoms with Crippen LogP contribution in [-0.2, 0) is 0 Å². The van der Waals surface area contributed by atoms with E-state index < -0.39 is 5.56 Å². The summed E-state index contributed by atoms with van der Waals surface area (Å²) in [6.45, 7) is 0. The van der Waals surface area contributed by atoms with Gasteiger partial charge in [-0.25, -0.2) is 10.4 Å². The summed E-state index contributed by atoms with van der Waals surface area (Å²) >= 11 is 0. The molecule has 10 heteroatoms. The van der Waals surface area contributed by atoms with Crippen molar-refractivity contribution in [3.63, 3.8) is 0 Å². The number of aromatic amines is 2. The number of benzene rings is 2. The molecule has 0 fully saturated rings. The average molecular weight is 383 g/mol. The molecular weight excluding hydrogens is 370 g/mol. The van der Waals surface area contributed by atoms with Crippen LogP contribution in [0.25, 0.3) is 22.6 Å². The Hall–Kier alpha value is -4.65. The Morgan fingerprint density at radius 2 is 1.86 bits per heavy atom. The summed E-state index contributed by atoms with van der Waals surface area (Å²) in [5, 5.41) is 27.1. The van der Waals surface area contributed by atoms with Crippen LogP contribution < -0.4 is 11.0 Å². The molecule has 10 nitrogen and oxygen atoms in total. The van der Waals surface area contributed by atoms with E-state index in [1.54, 1.807) is 18.3 Å². The molecule has 0 bridgehead atoms. The molecule has 0 spiro atoms. The number of anilines is 1. The molecule has 29 heavy (non-hydrogen) atoms. The van der Waals surface area contributed by atoms with Crippen LogP contribution in [0.15, 0.2) is 64.5 Å². The highest BCUT2D eigenvalue weighted by Gasteiger charge is 2.12. The Labute approximate surface area is 164 Å². The van der Waals surface area contributed by atoms with Crippen LogP contribution in [0.5, 0.6) is 0 Å². The van der Waals surface area contributed by atoms with E-state index in [1.807, 2.05) is 48.5 Å². The first-order valence-electron chi connectivity index (χ1n) is 8.47. The SMILES string of the molecule is N#Cc1c(-c2ccccc2)nc(NN=Cc2ccc(-c3nn[nH]n3)cc2)[nH]c1=O. The number of rotatable bonds is 5. The summed E-state index contributed by atoms with van der Waals surface area (Å²) in [6.07, 6.45) is 1.57. The van der Waals surface area contributed by atoms with E-state index in [0.29, 0.717) is 17.1 Å². The van der Waals surface area contributed by atoms with Crippen LogP contribution in [0.1, 0.15) is 11.1 Å². The van der Waals surface area contributed by atoms with Crippen LogP contribution in [0.3, 0.4) is 0 Å². The minimum atomic E-state index is -0.538. The molecule has 2 aromatic carbocycles. The number of hydrogen-bond donors (Lipinski definition) is 3. The lowest BCUT2D eigenvalue weighted by molar-refractivity contribution is 0.881. The van der Waals surface area contributed by atoms with Gasteiger partial charge in [-0.3, -0.25) is 9.78 Å². The molecule has 0 amide bonds. The molecule has 0 saturated heterocycles. The first-order valence-corrected chi connectivity index (χ1v) is 8.47. The average Bonchev–Trinajstić information content (AvgIpc) is 3.29. The Bertz CT molecular complexity index is 1240. The Kier molecular flexibility index (Phi) is 4.85. The highest BCUT2D eigenvalue weighted by molar-refractivity contribution is 5.81. The van der Waals surface area contributed by atoms with Crippen LogP contribution in [0, 0.1) is 11.3 Å². The van der Waals surface area contributed by atoms with E-state index in [1.165, 1.54) is 0 Å². The molecule has 4 rings (SSSR count). The van der Waals surface area contributed by atoms with Crippen LogP contribution in [-0.4, -0.2) is 36.8 Å². The molecular formula is C19H13N9O. The summed E-state index contributed by atoms with van der Waals surface area (Å²) in [7, 11) is 0. The van der Waals surface area contributed by atoms with Crippen molar-refractivity contribution in [2.45, 2.75) is 0 Å². The van der Waals surface area contributed by atoms with Gasteiger partial charge in [0.2, 0.25) is 11.8 Å². The van der Waals surface area contributed by atoms with Crippen molar-refractivity contribution in [1.82, 2.24) is 30.6 Å². The number of hydrazone groups is 1. The Morgan fingerprint density at radius 3 is 2.55 bits per heavy atom. The molecule has 0 saturated carbocycles. The van der Waals surface area contributed by atoms with E-state index in [-0.39, 0.29) is 11.5 Å². The van der Waals surface area contributed by atoms with Gasteiger partial charge >= 0.3 is 0 Å². The standard InChI is InChI=1S/C19H13N9O/c20-10-15-16(13-4-2-1-3-5-13)22-19(23-18(15)29)26-21-11-12-6-8-14(9-7-12)17-24-27-28-25-17/h1-9,11H,(H2,22,23,26,29)(H,24,25,27,28). The first-order chi connectivity index (χ1) is 14.2. The van der Waals surface area contributed by atoms with Crippen molar-refractivity contribution in [3.05, 3.63) is 76.1 Å². The number of nitriles is 1. The lowest BCUT2D eigenvalue weighted by Crippen LogP contribution is -2.16. The summed E-state index contributed by atoms with van der Waals surface area (Å²) in [6, 6.07) is 18.3. The smallest absolute Gasteiger partial charge is 0.270 e. The number of tetrazole rings is 1. The van der Waals surface area contributed by atoms with E-state index >= 15 is 0 Å². The lowest BCUT2D eigenvalue weighted by Gasteiger charge is -2.05. The fourth-order valence-corrected chi connectivity index (χ4v) is 2.61. The number of H-pyrrole nitrogens is 2. The summed E-state index contributed by atoms with van der Waals surface area (Å²) in [5.41, 5.74) is 4.68. The van der Waals surface area contributed by atoms with Gasteiger partial charge in [0.25, 0.3) is 5.56 Å². The fraction of sp³-hybridized carbons (Fsp3) is 0. The molecule has 2 aromatic heterocycles. The summed E-state index contributed by atoms with van der Waals surface area (Å²) < 4.78 is 0. The zero-order valence-corrected chi connectivity index (χ0v) is 14.9. The second-order valence-electron chi connectivity index (χ2n) is 5.84. The maximum Gasteiger partial charge on any atom is 0.270 e. The highest BCUT2D eigenvalue weighted by Crippen LogP contribution is 2.19. The van der Waals surface area contributed by atoms with Gasteiger partial charge in [0.05, 0.1) is 11.9 Å². The van der Waals surface area contributed by atoms with Crippen LogP contribution in [0.2, 0.25) is 0 Å². The van der Waals surface area contributed by atoms with Crippen molar-refractivity contribution < 1.29 is 0 Å². The van der Waals surface area contributed by atoms with Crippen molar-refractivity contribution in [2.75, 3.05) is 5.43 Å². The van der Waals surface area contributed by atoms with Gasteiger partial charge in [-0.15, -0.1) is 10.2 Å². The molecule has 0 radical (unpaired) electrons. The molecule has 140 valence electrons. The molecule has 0 aliphatic carbocycles. The predicted octanol–water partition coefficient (Wildman–Crippen LogP) is 1.93. The minimum absolute atomic E-state index is 0.0530. The molecule has 0 aliphatic rings. The fourth-order valence-electron chi connectivity index (χ4n) is 2.61. The van der Waals surface area contributed by atoms with Gasteiger partial charge < -0.3 is 0 Å². The van der Waals surface area contributed by atoms with Crippen LogP contribution >= 0.6 is 0 Å². The lowest BCUT2D eigenvalue weighted by atomic mass is 10.1. The van der Waals surface area contributed by atoms with Crippen molar-refractivity contribution >= 4 is 12.2 Å². The summed E-state index contributed by atoms with van der Waals surface area (Å²) in [4.78, 5) is 19.1. The monoisotopic (exact) mass is 383 g/mol. The van der Waals surface area contributed by atoms with E-state index in [4.69, 9.17) is 0 Å². The van der Waals surface area contributed by atoms with E-state index in [0.717, 1.165) is 11.1 Å². The third-order valence-corrected chi connectivity index (χ3v) is 3.98. The zero-order valence-electron chi connectivity index (χ0n) is 14.9. The summed E-state index contributed by atoms with van der Waals surface area (Å²) in [5.74, 6) is 0.631. The molecule has 2 heterocycles. The van der Waals surface area contributed by atoms with Crippen molar-refractivity contribution in [1.29, 1.82) is 5.26 Å². The second kappa shape index (κ2) is 7.93. The Balaban J connectivity index is 1.55. The van der Waals surface area contributed by atoms with Crippen molar-refractivity contribution in [3.8, 4) is 28.7 Å². The normalized spacial score (nSPS) is 10.7. The number of hydrogen-bond acceptors (Lipinski definition) is 8. The zero-order chi connectivity index (χ0) is 20.1. The number of nitrogens with zero attached hydrogens (tertiary/aromatic N) is 6. The predicted molar refractivity (Wildman–Crippen MR) is 106 cm³/mol. The Morgan fingerprint density at radius 1 is 1.07 bits per heavy atom. The highest BCUT2D eigenvalue weighted by atomic mass is 16.1. The largest absolute Gasteiger partial charge is 0.290 e. The van der Waals surface area contributed by atoms with Crippen LogP contribution in [0.4, 0.5) is 5.95 Å². The van der Waals surface area contributed by atoms with Crippen molar-refractivity contribution in [2.24, 2.45) is 5.10 Å². The second-order valence-corrected chi connectivity index (χ2v) is 5.84. The maximum atomic E-state index is 12.2. The van der Waals surface area contributed by atoms with E-state index in [2.05, 4.69) is 41.1 Å². The maximum absolute atomic E-state index is 12.2. The van der Waals surface area contributed by atoms with Gasteiger partial charge in [-0.2, -0.15) is 15.6 Å². The van der Waals surface area contributed by atoms with E-state index in [9.17, 15) is 10.1 Å². The topological polar surface area (TPSA) is 148 Å². The van der Waals surface area contributed by atoms with Gasteiger partial charge in [0.1, 0.15) is 11.6 Å². The van der Waals surface area contributed by atoms with Gasteiger partial charge in [-0.05, 0) is 10.8 Å². The quantitative estimate of drug-likeness (QED) is 0.352. The third kappa shape index (κ3) is 3.88. The van der Waals surface area contributed by atoms with Gasteiger partial charge in [0, 0.05) is 11.1 Å².